The molecule has 0 unspecified atom stereocenters. The summed E-state index contributed by atoms with van der Waals surface area (Å²) in [4.78, 5) is 11.0. The summed E-state index contributed by atoms with van der Waals surface area (Å²) in [5.74, 6) is -0.0568. The Hall–Kier alpha value is -2.49. The SMILES string of the molecule is Cc1ccccc1Oc1cccc(C(=O)O)c1N. The largest absolute Gasteiger partial charge is 0.478 e. The number of para-hydroxylation sites is 2. The van der Waals surface area contributed by atoms with E-state index in [0.29, 0.717) is 11.5 Å². The number of carboxylic acids is 1. The van der Waals surface area contributed by atoms with E-state index in [1.54, 1.807) is 12.1 Å². The number of carboxylic acid groups (broad SMARTS) is 1. The minimum atomic E-state index is -1.07. The third-order valence-electron chi connectivity index (χ3n) is 2.61. The standard InChI is InChI=1S/C14H13NO3/c1-9-5-2-3-7-11(9)18-12-8-4-6-10(13(12)15)14(16)17/h2-8H,15H2,1H3,(H,16,17). The summed E-state index contributed by atoms with van der Waals surface area (Å²) >= 11 is 0. The van der Waals surface area contributed by atoms with E-state index in [0.717, 1.165) is 5.56 Å². The van der Waals surface area contributed by atoms with Crippen molar-refractivity contribution in [3.05, 3.63) is 53.6 Å². The molecule has 0 atom stereocenters. The first-order valence-electron chi connectivity index (χ1n) is 5.45. The molecule has 0 amide bonds. The average Bonchev–Trinajstić information content (AvgIpc) is 2.34. The topological polar surface area (TPSA) is 72.5 Å². The first kappa shape index (κ1) is 12.0. The zero-order valence-corrected chi connectivity index (χ0v) is 9.88. The van der Waals surface area contributed by atoms with Crippen LogP contribution in [0.25, 0.3) is 0 Å². The van der Waals surface area contributed by atoms with Gasteiger partial charge in [0.2, 0.25) is 0 Å². The number of ether oxygens (including phenoxy) is 1. The highest BCUT2D eigenvalue weighted by molar-refractivity contribution is 5.95. The Kier molecular flexibility index (Phi) is 3.19. The molecular weight excluding hydrogens is 230 g/mol. The molecule has 2 rings (SSSR count). The molecule has 4 heteroatoms. The highest BCUT2D eigenvalue weighted by Crippen LogP contribution is 2.31. The van der Waals surface area contributed by atoms with Crippen LogP contribution in [0.15, 0.2) is 42.5 Å². The second-order valence-electron chi connectivity index (χ2n) is 3.89. The lowest BCUT2D eigenvalue weighted by molar-refractivity contribution is 0.0698. The van der Waals surface area contributed by atoms with Crippen LogP contribution in [0.5, 0.6) is 11.5 Å². The highest BCUT2D eigenvalue weighted by atomic mass is 16.5. The minimum absolute atomic E-state index is 0.0427. The van der Waals surface area contributed by atoms with E-state index in [1.165, 1.54) is 6.07 Å². The van der Waals surface area contributed by atoms with Gasteiger partial charge in [0.25, 0.3) is 0 Å². The minimum Gasteiger partial charge on any atom is -0.478 e. The van der Waals surface area contributed by atoms with E-state index in [-0.39, 0.29) is 11.3 Å². The van der Waals surface area contributed by atoms with Gasteiger partial charge in [-0.2, -0.15) is 0 Å². The molecule has 0 spiro atoms. The quantitative estimate of drug-likeness (QED) is 0.812. The number of hydrogen-bond acceptors (Lipinski definition) is 3. The molecule has 4 nitrogen and oxygen atoms in total. The first-order chi connectivity index (χ1) is 8.59. The highest BCUT2D eigenvalue weighted by Gasteiger charge is 2.12. The van der Waals surface area contributed by atoms with E-state index >= 15 is 0 Å². The van der Waals surface area contributed by atoms with Crippen LogP contribution < -0.4 is 10.5 Å². The van der Waals surface area contributed by atoms with Gasteiger partial charge in [0, 0.05) is 0 Å². The second kappa shape index (κ2) is 4.79. The summed E-state index contributed by atoms with van der Waals surface area (Å²) in [6.07, 6.45) is 0. The molecule has 0 radical (unpaired) electrons. The van der Waals surface area contributed by atoms with E-state index in [2.05, 4.69) is 0 Å². The van der Waals surface area contributed by atoms with Gasteiger partial charge in [-0.1, -0.05) is 24.3 Å². The molecule has 92 valence electrons. The van der Waals surface area contributed by atoms with Gasteiger partial charge in [-0.05, 0) is 30.7 Å². The molecule has 0 aromatic heterocycles. The predicted octanol–water partition coefficient (Wildman–Crippen LogP) is 3.07. The van der Waals surface area contributed by atoms with Gasteiger partial charge in [-0.3, -0.25) is 0 Å². The molecule has 0 saturated carbocycles. The Morgan fingerprint density at radius 1 is 1.11 bits per heavy atom. The molecule has 0 aliphatic rings. The normalized spacial score (nSPS) is 10.1. The molecule has 3 N–H and O–H groups in total. The average molecular weight is 243 g/mol. The molecular formula is C14H13NO3. The smallest absolute Gasteiger partial charge is 0.337 e. The zero-order chi connectivity index (χ0) is 13.1. The fourth-order valence-corrected chi connectivity index (χ4v) is 1.61. The maximum atomic E-state index is 11.0. The number of anilines is 1. The first-order valence-corrected chi connectivity index (χ1v) is 5.45. The van der Waals surface area contributed by atoms with Crippen LogP contribution in [0, 0.1) is 6.92 Å². The summed E-state index contributed by atoms with van der Waals surface area (Å²) in [5.41, 5.74) is 6.91. The number of aromatic carboxylic acids is 1. The van der Waals surface area contributed by atoms with Crippen molar-refractivity contribution in [2.45, 2.75) is 6.92 Å². The van der Waals surface area contributed by atoms with Crippen molar-refractivity contribution in [2.75, 3.05) is 5.73 Å². The molecule has 0 aliphatic heterocycles. The Balaban J connectivity index is 2.39. The van der Waals surface area contributed by atoms with Gasteiger partial charge >= 0.3 is 5.97 Å². The maximum Gasteiger partial charge on any atom is 0.337 e. The number of nitrogens with two attached hydrogens (primary N) is 1. The van der Waals surface area contributed by atoms with Gasteiger partial charge < -0.3 is 15.6 Å². The van der Waals surface area contributed by atoms with E-state index in [4.69, 9.17) is 15.6 Å². The molecule has 0 aliphatic carbocycles. The Bertz CT molecular complexity index is 593. The monoisotopic (exact) mass is 243 g/mol. The fraction of sp³-hybridized carbons (Fsp3) is 0.0714. The molecule has 2 aromatic carbocycles. The van der Waals surface area contributed by atoms with Crippen LogP contribution in [0.1, 0.15) is 15.9 Å². The molecule has 18 heavy (non-hydrogen) atoms. The van der Waals surface area contributed by atoms with Crippen molar-refractivity contribution in [3.8, 4) is 11.5 Å². The number of rotatable bonds is 3. The van der Waals surface area contributed by atoms with Gasteiger partial charge in [0.1, 0.15) is 5.75 Å². The lowest BCUT2D eigenvalue weighted by Crippen LogP contribution is -2.03. The summed E-state index contributed by atoms with van der Waals surface area (Å²) in [6.45, 7) is 1.91. The van der Waals surface area contributed by atoms with Crippen molar-refractivity contribution in [1.82, 2.24) is 0 Å². The van der Waals surface area contributed by atoms with Crippen molar-refractivity contribution in [1.29, 1.82) is 0 Å². The van der Waals surface area contributed by atoms with Gasteiger partial charge in [-0.15, -0.1) is 0 Å². The Labute approximate surface area is 105 Å². The number of carbonyl (C=O) groups is 1. The summed E-state index contributed by atoms with van der Waals surface area (Å²) in [6, 6.07) is 12.2. The third kappa shape index (κ3) is 2.27. The molecule has 0 bridgehead atoms. The Morgan fingerprint density at radius 2 is 1.78 bits per heavy atom. The van der Waals surface area contributed by atoms with Crippen LogP contribution in [0.3, 0.4) is 0 Å². The molecule has 0 saturated heterocycles. The van der Waals surface area contributed by atoms with Crippen LogP contribution in [-0.4, -0.2) is 11.1 Å². The van der Waals surface area contributed by atoms with Crippen LogP contribution in [-0.2, 0) is 0 Å². The van der Waals surface area contributed by atoms with E-state index in [1.807, 2.05) is 31.2 Å². The number of benzene rings is 2. The zero-order valence-electron chi connectivity index (χ0n) is 9.88. The lowest BCUT2D eigenvalue weighted by atomic mass is 10.1. The van der Waals surface area contributed by atoms with Crippen LogP contribution >= 0.6 is 0 Å². The molecule has 0 fully saturated rings. The fourth-order valence-electron chi connectivity index (χ4n) is 1.61. The van der Waals surface area contributed by atoms with Crippen LogP contribution in [0.4, 0.5) is 5.69 Å². The van der Waals surface area contributed by atoms with E-state index < -0.39 is 5.97 Å². The summed E-state index contributed by atoms with van der Waals surface area (Å²) in [5, 5.41) is 8.98. The number of aryl methyl sites for hydroxylation is 1. The molecule has 0 heterocycles. The lowest BCUT2D eigenvalue weighted by Gasteiger charge is -2.11. The summed E-state index contributed by atoms with van der Waals surface area (Å²) < 4.78 is 5.64. The van der Waals surface area contributed by atoms with E-state index in [9.17, 15) is 4.79 Å². The van der Waals surface area contributed by atoms with Crippen LogP contribution in [0.2, 0.25) is 0 Å². The van der Waals surface area contributed by atoms with Crippen molar-refractivity contribution >= 4 is 11.7 Å². The maximum absolute atomic E-state index is 11.0. The Morgan fingerprint density at radius 3 is 2.44 bits per heavy atom. The van der Waals surface area contributed by atoms with Gasteiger partial charge in [0.05, 0.1) is 11.3 Å². The second-order valence-corrected chi connectivity index (χ2v) is 3.89. The van der Waals surface area contributed by atoms with Gasteiger partial charge in [0.15, 0.2) is 5.75 Å². The van der Waals surface area contributed by atoms with Crippen molar-refractivity contribution in [3.63, 3.8) is 0 Å². The van der Waals surface area contributed by atoms with Crippen molar-refractivity contribution in [2.24, 2.45) is 0 Å². The number of nitrogen functional groups attached to an aromatic ring is 1. The molecule has 2 aromatic rings. The van der Waals surface area contributed by atoms with Gasteiger partial charge in [-0.25, -0.2) is 4.79 Å². The predicted molar refractivity (Wildman–Crippen MR) is 69.1 cm³/mol. The third-order valence-corrected chi connectivity index (χ3v) is 2.61. The van der Waals surface area contributed by atoms with Crippen molar-refractivity contribution < 1.29 is 14.6 Å². The number of hydrogen-bond donors (Lipinski definition) is 2. The summed E-state index contributed by atoms with van der Waals surface area (Å²) in [7, 11) is 0.